The molecule has 0 aromatic carbocycles. The standard InChI is InChI=1S/C14H19N3O4/c1-10-5-8-16(9-6-10)14(18)11(2)21-12-4-3-7-15-13(12)17(19)20/h3-4,7,10-11H,5-6,8-9H2,1-2H3/t11-/m0/s1. The van der Waals surface area contributed by atoms with Gasteiger partial charge in [0.05, 0.1) is 0 Å². The number of pyridine rings is 1. The van der Waals surface area contributed by atoms with Crippen LogP contribution in [0.1, 0.15) is 26.7 Å². The number of amides is 1. The van der Waals surface area contributed by atoms with Crippen LogP contribution in [-0.2, 0) is 4.79 Å². The number of hydrogen-bond donors (Lipinski definition) is 0. The molecule has 1 atom stereocenters. The van der Waals surface area contributed by atoms with Crippen LogP contribution in [0, 0.1) is 16.0 Å². The third-order valence-electron chi connectivity index (χ3n) is 3.67. The van der Waals surface area contributed by atoms with E-state index < -0.39 is 11.0 Å². The van der Waals surface area contributed by atoms with E-state index in [-0.39, 0.29) is 17.5 Å². The largest absolute Gasteiger partial charge is 0.473 e. The molecule has 1 aromatic rings. The van der Waals surface area contributed by atoms with Gasteiger partial charge in [-0.25, -0.2) is 0 Å². The van der Waals surface area contributed by atoms with Crippen molar-refractivity contribution in [2.24, 2.45) is 5.92 Å². The van der Waals surface area contributed by atoms with Gasteiger partial charge >= 0.3 is 5.82 Å². The molecule has 0 unspecified atom stereocenters. The fourth-order valence-corrected chi connectivity index (χ4v) is 2.34. The third-order valence-corrected chi connectivity index (χ3v) is 3.67. The van der Waals surface area contributed by atoms with Crippen molar-refractivity contribution in [1.29, 1.82) is 0 Å². The van der Waals surface area contributed by atoms with Crippen molar-refractivity contribution < 1.29 is 14.5 Å². The van der Waals surface area contributed by atoms with Gasteiger partial charge in [-0.2, -0.15) is 0 Å². The number of ether oxygens (including phenoxy) is 1. The monoisotopic (exact) mass is 293 g/mol. The lowest BCUT2D eigenvalue weighted by molar-refractivity contribution is -0.390. The van der Waals surface area contributed by atoms with Gasteiger partial charge in [0, 0.05) is 13.1 Å². The maximum Gasteiger partial charge on any atom is 0.406 e. The number of nitrogens with zero attached hydrogens (tertiary/aromatic N) is 3. The van der Waals surface area contributed by atoms with E-state index in [2.05, 4.69) is 11.9 Å². The summed E-state index contributed by atoms with van der Waals surface area (Å²) in [5, 5.41) is 10.9. The van der Waals surface area contributed by atoms with Crippen molar-refractivity contribution >= 4 is 11.7 Å². The summed E-state index contributed by atoms with van der Waals surface area (Å²) in [5.74, 6) is 0.142. The average Bonchev–Trinajstić information content (AvgIpc) is 2.47. The third kappa shape index (κ3) is 3.68. The van der Waals surface area contributed by atoms with Gasteiger partial charge in [0.15, 0.2) is 6.10 Å². The Bertz CT molecular complexity index is 527. The normalized spacial score (nSPS) is 17.3. The van der Waals surface area contributed by atoms with Gasteiger partial charge in [-0.3, -0.25) is 4.79 Å². The van der Waals surface area contributed by atoms with Crippen LogP contribution in [0.5, 0.6) is 5.75 Å². The number of nitro groups is 1. The summed E-state index contributed by atoms with van der Waals surface area (Å²) in [6.07, 6.45) is 2.52. The average molecular weight is 293 g/mol. The molecule has 2 rings (SSSR count). The topological polar surface area (TPSA) is 85.6 Å². The molecule has 0 spiro atoms. The summed E-state index contributed by atoms with van der Waals surface area (Å²) >= 11 is 0. The number of carbonyl (C=O) groups excluding carboxylic acids is 1. The summed E-state index contributed by atoms with van der Waals surface area (Å²) in [5.41, 5.74) is 0. The molecule has 1 aromatic heterocycles. The fourth-order valence-electron chi connectivity index (χ4n) is 2.34. The van der Waals surface area contributed by atoms with Crippen molar-refractivity contribution in [3.63, 3.8) is 0 Å². The lowest BCUT2D eigenvalue weighted by atomic mass is 9.99. The quantitative estimate of drug-likeness (QED) is 0.626. The van der Waals surface area contributed by atoms with E-state index in [1.54, 1.807) is 17.9 Å². The molecule has 1 aliphatic rings. The lowest BCUT2D eigenvalue weighted by Crippen LogP contribution is -2.44. The number of piperidine rings is 1. The molecular weight excluding hydrogens is 274 g/mol. The molecule has 0 saturated carbocycles. The highest BCUT2D eigenvalue weighted by Crippen LogP contribution is 2.25. The lowest BCUT2D eigenvalue weighted by Gasteiger charge is -2.32. The summed E-state index contributed by atoms with van der Waals surface area (Å²) < 4.78 is 5.45. The molecule has 1 amide bonds. The second-order valence-corrected chi connectivity index (χ2v) is 5.35. The maximum atomic E-state index is 12.3. The van der Waals surface area contributed by atoms with Crippen LogP contribution in [-0.4, -0.2) is 39.9 Å². The Kier molecular flexibility index (Phi) is 4.72. The van der Waals surface area contributed by atoms with Gasteiger partial charge in [-0.15, -0.1) is 0 Å². The van der Waals surface area contributed by atoms with Crippen LogP contribution in [0.3, 0.4) is 0 Å². The van der Waals surface area contributed by atoms with E-state index in [0.29, 0.717) is 19.0 Å². The van der Waals surface area contributed by atoms with E-state index in [9.17, 15) is 14.9 Å². The molecular formula is C14H19N3O4. The molecule has 0 radical (unpaired) electrons. The van der Waals surface area contributed by atoms with E-state index in [1.807, 2.05) is 0 Å². The zero-order chi connectivity index (χ0) is 15.4. The van der Waals surface area contributed by atoms with Crippen molar-refractivity contribution in [2.45, 2.75) is 32.8 Å². The second kappa shape index (κ2) is 6.51. The Morgan fingerprint density at radius 3 is 2.81 bits per heavy atom. The van der Waals surface area contributed by atoms with E-state index in [1.165, 1.54) is 12.3 Å². The molecule has 21 heavy (non-hydrogen) atoms. The summed E-state index contributed by atoms with van der Waals surface area (Å²) in [7, 11) is 0. The Labute approximate surface area is 123 Å². The van der Waals surface area contributed by atoms with Crippen LogP contribution < -0.4 is 4.74 Å². The van der Waals surface area contributed by atoms with Gasteiger partial charge in [-0.05, 0) is 47.7 Å². The molecule has 1 saturated heterocycles. The zero-order valence-corrected chi connectivity index (χ0v) is 12.2. The number of rotatable bonds is 4. The molecule has 7 nitrogen and oxygen atoms in total. The molecule has 0 aliphatic carbocycles. The highest BCUT2D eigenvalue weighted by molar-refractivity contribution is 5.81. The molecule has 0 N–H and O–H groups in total. The summed E-state index contributed by atoms with van der Waals surface area (Å²) in [6.45, 7) is 5.20. The molecule has 2 heterocycles. The van der Waals surface area contributed by atoms with Gasteiger partial charge < -0.3 is 19.8 Å². The van der Waals surface area contributed by atoms with Gasteiger partial charge in [0.1, 0.15) is 6.20 Å². The van der Waals surface area contributed by atoms with Crippen LogP contribution >= 0.6 is 0 Å². The van der Waals surface area contributed by atoms with Gasteiger partial charge in [0.25, 0.3) is 5.91 Å². The van der Waals surface area contributed by atoms with E-state index in [4.69, 9.17) is 4.74 Å². The van der Waals surface area contributed by atoms with Crippen molar-refractivity contribution in [2.75, 3.05) is 13.1 Å². The highest BCUT2D eigenvalue weighted by atomic mass is 16.6. The minimum atomic E-state index is -0.763. The summed E-state index contributed by atoms with van der Waals surface area (Å²) in [6, 6.07) is 3.00. The molecule has 1 aliphatic heterocycles. The van der Waals surface area contributed by atoms with Crippen LogP contribution in [0.2, 0.25) is 0 Å². The van der Waals surface area contributed by atoms with Gasteiger partial charge in [0.2, 0.25) is 5.75 Å². The van der Waals surface area contributed by atoms with E-state index >= 15 is 0 Å². The number of likely N-dealkylation sites (tertiary alicyclic amines) is 1. The number of aromatic nitrogens is 1. The van der Waals surface area contributed by atoms with Crippen LogP contribution in [0.25, 0.3) is 0 Å². The van der Waals surface area contributed by atoms with Crippen molar-refractivity contribution in [3.8, 4) is 5.75 Å². The molecule has 0 bridgehead atoms. The van der Waals surface area contributed by atoms with E-state index in [0.717, 1.165) is 12.8 Å². The van der Waals surface area contributed by atoms with Crippen molar-refractivity contribution in [1.82, 2.24) is 9.88 Å². The Morgan fingerprint density at radius 1 is 1.52 bits per heavy atom. The summed E-state index contributed by atoms with van der Waals surface area (Å²) in [4.78, 5) is 28.0. The first kappa shape index (κ1) is 15.2. The van der Waals surface area contributed by atoms with Crippen LogP contribution in [0.15, 0.2) is 18.3 Å². The minimum absolute atomic E-state index is 0.0220. The SMILES string of the molecule is CC1CCN(C(=O)[C@H](C)Oc2cccnc2[N+](=O)[O-])CC1. The Balaban J connectivity index is 2.02. The predicted molar refractivity (Wildman–Crippen MR) is 76.0 cm³/mol. The Hall–Kier alpha value is -2.18. The molecule has 114 valence electrons. The first-order chi connectivity index (χ1) is 9.99. The maximum absolute atomic E-state index is 12.3. The van der Waals surface area contributed by atoms with Crippen LogP contribution in [0.4, 0.5) is 5.82 Å². The minimum Gasteiger partial charge on any atom is -0.473 e. The molecule has 7 heteroatoms. The molecule has 1 fully saturated rings. The zero-order valence-electron chi connectivity index (χ0n) is 12.2. The Morgan fingerprint density at radius 2 is 2.19 bits per heavy atom. The van der Waals surface area contributed by atoms with Gasteiger partial charge in [-0.1, -0.05) is 6.92 Å². The highest BCUT2D eigenvalue weighted by Gasteiger charge is 2.27. The first-order valence-corrected chi connectivity index (χ1v) is 7.04. The second-order valence-electron chi connectivity index (χ2n) is 5.35. The predicted octanol–water partition coefficient (Wildman–Crippen LogP) is 2.02. The number of carbonyl (C=O) groups is 1. The smallest absolute Gasteiger partial charge is 0.406 e. The number of hydrogen-bond acceptors (Lipinski definition) is 5. The fraction of sp³-hybridized carbons (Fsp3) is 0.571. The van der Waals surface area contributed by atoms with Crippen molar-refractivity contribution in [3.05, 3.63) is 28.4 Å². The first-order valence-electron chi connectivity index (χ1n) is 7.04.